The van der Waals surface area contributed by atoms with Gasteiger partial charge in [-0.25, -0.2) is 0 Å². The van der Waals surface area contributed by atoms with Crippen molar-refractivity contribution < 1.29 is 9.90 Å². The summed E-state index contributed by atoms with van der Waals surface area (Å²) in [6.07, 6.45) is 3.60. The monoisotopic (exact) mass is 289 g/mol. The molecule has 1 aliphatic rings. The average Bonchev–Trinajstić information content (AvgIpc) is 2.84. The molecule has 2 aromatic rings. The number of rotatable bonds is 5. The van der Waals surface area contributed by atoms with Crippen LogP contribution in [0.3, 0.4) is 0 Å². The smallest absolute Gasteiger partial charge is 0.220 e. The van der Waals surface area contributed by atoms with Gasteiger partial charge in [-0.2, -0.15) is 0 Å². The van der Waals surface area contributed by atoms with Crippen LogP contribution in [0.2, 0.25) is 0 Å². The lowest BCUT2D eigenvalue weighted by Gasteiger charge is -2.24. The molecule has 1 aromatic heterocycles. The minimum atomic E-state index is -0.613. The number of fused-ring (bicyclic) bond motifs is 1. The van der Waals surface area contributed by atoms with Crippen LogP contribution in [-0.4, -0.2) is 17.6 Å². The number of aliphatic hydroxyl groups excluding tert-OH is 1. The Kier molecular flexibility index (Phi) is 4.03. The van der Waals surface area contributed by atoms with Crippen molar-refractivity contribution in [2.75, 3.05) is 6.54 Å². The minimum absolute atomic E-state index is 0.0647. The van der Waals surface area contributed by atoms with E-state index in [0.29, 0.717) is 18.9 Å². The molecule has 0 spiro atoms. The number of amides is 1. The first-order valence-corrected chi connectivity index (χ1v) is 7.97. The van der Waals surface area contributed by atoms with Crippen molar-refractivity contribution in [2.24, 2.45) is 5.92 Å². The molecule has 0 aliphatic heterocycles. The largest absolute Gasteiger partial charge is 0.386 e. The van der Waals surface area contributed by atoms with Gasteiger partial charge in [-0.05, 0) is 36.3 Å². The first-order valence-electron chi connectivity index (χ1n) is 7.15. The third kappa shape index (κ3) is 3.02. The van der Waals surface area contributed by atoms with Gasteiger partial charge in [-0.1, -0.05) is 24.6 Å². The quantitative estimate of drug-likeness (QED) is 0.887. The fourth-order valence-electron chi connectivity index (χ4n) is 2.51. The Morgan fingerprint density at radius 1 is 1.40 bits per heavy atom. The molecule has 3 rings (SSSR count). The number of hydrogen-bond acceptors (Lipinski definition) is 3. The van der Waals surface area contributed by atoms with Gasteiger partial charge < -0.3 is 10.4 Å². The molecule has 0 bridgehead atoms. The zero-order valence-electron chi connectivity index (χ0n) is 11.3. The Bertz CT molecular complexity index is 570. The van der Waals surface area contributed by atoms with Crippen LogP contribution >= 0.6 is 11.3 Å². The van der Waals surface area contributed by atoms with Crippen LogP contribution < -0.4 is 5.32 Å². The second-order valence-electron chi connectivity index (χ2n) is 5.51. The van der Waals surface area contributed by atoms with E-state index in [9.17, 15) is 9.90 Å². The van der Waals surface area contributed by atoms with Gasteiger partial charge in [0.05, 0.1) is 0 Å². The van der Waals surface area contributed by atoms with Crippen molar-refractivity contribution in [2.45, 2.75) is 31.8 Å². The highest BCUT2D eigenvalue weighted by molar-refractivity contribution is 7.19. The van der Waals surface area contributed by atoms with E-state index in [4.69, 9.17) is 0 Å². The first-order chi connectivity index (χ1) is 9.72. The van der Waals surface area contributed by atoms with E-state index in [0.717, 1.165) is 10.3 Å². The highest BCUT2D eigenvalue weighted by Crippen LogP contribution is 2.30. The molecule has 2 N–H and O–H groups in total. The van der Waals surface area contributed by atoms with E-state index in [1.165, 1.54) is 24.0 Å². The van der Waals surface area contributed by atoms with Crippen LogP contribution in [0.5, 0.6) is 0 Å². The van der Waals surface area contributed by atoms with Gasteiger partial charge >= 0.3 is 0 Å². The summed E-state index contributed by atoms with van der Waals surface area (Å²) in [6, 6.07) is 10.1. The molecular formula is C16H19NO2S. The third-order valence-corrected chi connectivity index (χ3v) is 5.18. The third-order valence-electron chi connectivity index (χ3n) is 3.96. The lowest BCUT2D eigenvalue weighted by molar-refractivity contribution is -0.123. The average molecular weight is 289 g/mol. The van der Waals surface area contributed by atoms with Crippen LogP contribution in [-0.2, 0) is 4.79 Å². The highest BCUT2D eigenvalue weighted by Gasteiger charge is 2.21. The summed E-state index contributed by atoms with van der Waals surface area (Å²) in [6.45, 7) is 0.304. The second kappa shape index (κ2) is 5.94. The molecule has 1 aliphatic carbocycles. The molecular weight excluding hydrogens is 270 g/mol. The summed E-state index contributed by atoms with van der Waals surface area (Å²) in [7, 11) is 0. The van der Waals surface area contributed by atoms with E-state index in [1.807, 2.05) is 30.3 Å². The SMILES string of the molecule is O=C(CC1CCC1)NCC(O)c1cc2ccccc2s1. The van der Waals surface area contributed by atoms with Crippen molar-refractivity contribution in [3.05, 3.63) is 35.2 Å². The molecule has 1 saturated carbocycles. The topological polar surface area (TPSA) is 49.3 Å². The number of benzene rings is 1. The van der Waals surface area contributed by atoms with Crippen LogP contribution in [0.1, 0.15) is 36.7 Å². The number of thiophene rings is 1. The van der Waals surface area contributed by atoms with E-state index in [2.05, 4.69) is 5.32 Å². The molecule has 0 radical (unpaired) electrons. The van der Waals surface area contributed by atoms with E-state index in [1.54, 1.807) is 11.3 Å². The molecule has 0 saturated heterocycles. The van der Waals surface area contributed by atoms with Crippen LogP contribution in [0.15, 0.2) is 30.3 Å². The fourth-order valence-corrected chi connectivity index (χ4v) is 3.56. The highest BCUT2D eigenvalue weighted by atomic mass is 32.1. The molecule has 1 atom stereocenters. The lowest BCUT2D eigenvalue weighted by Crippen LogP contribution is -2.30. The fraction of sp³-hybridized carbons (Fsp3) is 0.438. The Hall–Kier alpha value is -1.39. The summed E-state index contributed by atoms with van der Waals surface area (Å²) >= 11 is 1.59. The van der Waals surface area contributed by atoms with E-state index in [-0.39, 0.29) is 5.91 Å². The maximum absolute atomic E-state index is 11.7. The van der Waals surface area contributed by atoms with Gasteiger partial charge in [0.2, 0.25) is 5.91 Å². The summed E-state index contributed by atoms with van der Waals surface area (Å²) in [5.74, 6) is 0.631. The van der Waals surface area contributed by atoms with Crippen molar-refractivity contribution in [3.63, 3.8) is 0 Å². The van der Waals surface area contributed by atoms with Gasteiger partial charge in [0.1, 0.15) is 6.10 Å². The molecule has 1 unspecified atom stereocenters. The zero-order chi connectivity index (χ0) is 13.9. The molecule has 3 nitrogen and oxygen atoms in total. The molecule has 1 fully saturated rings. The van der Waals surface area contributed by atoms with Crippen LogP contribution in [0.4, 0.5) is 0 Å². The summed E-state index contributed by atoms with van der Waals surface area (Å²) < 4.78 is 1.17. The van der Waals surface area contributed by atoms with Crippen LogP contribution in [0, 0.1) is 5.92 Å². The summed E-state index contributed by atoms with van der Waals surface area (Å²) in [4.78, 5) is 12.6. The van der Waals surface area contributed by atoms with Crippen molar-refractivity contribution >= 4 is 27.3 Å². The minimum Gasteiger partial charge on any atom is -0.386 e. The molecule has 1 aromatic carbocycles. The Morgan fingerprint density at radius 3 is 2.90 bits per heavy atom. The van der Waals surface area contributed by atoms with Crippen molar-refractivity contribution in [1.29, 1.82) is 0 Å². The van der Waals surface area contributed by atoms with Gasteiger partial charge in [-0.15, -0.1) is 11.3 Å². The Balaban J connectivity index is 1.55. The number of hydrogen-bond donors (Lipinski definition) is 2. The number of carbonyl (C=O) groups excluding carboxylic acids is 1. The Labute approximate surface area is 122 Å². The van der Waals surface area contributed by atoms with E-state index < -0.39 is 6.10 Å². The maximum Gasteiger partial charge on any atom is 0.220 e. The molecule has 4 heteroatoms. The van der Waals surface area contributed by atoms with Crippen molar-refractivity contribution in [1.82, 2.24) is 5.32 Å². The maximum atomic E-state index is 11.7. The molecule has 106 valence electrons. The Morgan fingerprint density at radius 2 is 2.20 bits per heavy atom. The number of nitrogens with one attached hydrogen (secondary N) is 1. The summed E-state index contributed by atoms with van der Waals surface area (Å²) in [5, 5.41) is 14.2. The lowest BCUT2D eigenvalue weighted by atomic mass is 9.83. The number of carbonyl (C=O) groups is 1. The predicted octanol–water partition coefficient (Wildman–Crippen LogP) is 3.24. The normalized spacial score (nSPS) is 16.9. The van der Waals surface area contributed by atoms with Crippen molar-refractivity contribution in [3.8, 4) is 0 Å². The molecule has 1 heterocycles. The zero-order valence-corrected chi connectivity index (χ0v) is 12.2. The van der Waals surface area contributed by atoms with Gasteiger partial charge in [0, 0.05) is 22.5 Å². The molecule has 20 heavy (non-hydrogen) atoms. The predicted molar refractivity (Wildman–Crippen MR) is 81.8 cm³/mol. The standard InChI is InChI=1S/C16H19NO2S/c18-13(10-17-16(19)8-11-4-3-5-11)15-9-12-6-1-2-7-14(12)20-15/h1-2,6-7,9,11,13,18H,3-5,8,10H2,(H,17,19). The van der Waals surface area contributed by atoms with Gasteiger partial charge in [-0.3, -0.25) is 4.79 Å². The summed E-state index contributed by atoms with van der Waals surface area (Å²) in [5.41, 5.74) is 0. The molecule has 1 amide bonds. The number of aliphatic hydroxyl groups is 1. The van der Waals surface area contributed by atoms with Gasteiger partial charge in [0.15, 0.2) is 0 Å². The van der Waals surface area contributed by atoms with E-state index >= 15 is 0 Å². The van der Waals surface area contributed by atoms with Crippen LogP contribution in [0.25, 0.3) is 10.1 Å². The van der Waals surface area contributed by atoms with Gasteiger partial charge in [0.25, 0.3) is 0 Å². The second-order valence-corrected chi connectivity index (χ2v) is 6.62. The first kappa shape index (κ1) is 13.6.